The Hall–Kier alpha value is -2.73. The molecule has 6 heteroatoms. The highest BCUT2D eigenvalue weighted by Gasteiger charge is 2.35. The molecule has 2 heterocycles. The van der Waals surface area contributed by atoms with Gasteiger partial charge in [-0.05, 0) is 61.6 Å². The van der Waals surface area contributed by atoms with Crippen molar-refractivity contribution in [2.75, 3.05) is 13.2 Å². The Labute approximate surface area is 171 Å². The predicted molar refractivity (Wildman–Crippen MR) is 113 cm³/mol. The molecule has 1 saturated heterocycles. The number of amides is 2. The van der Waals surface area contributed by atoms with Crippen molar-refractivity contribution in [1.29, 1.82) is 0 Å². The summed E-state index contributed by atoms with van der Waals surface area (Å²) in [7, 11) is 0. The van der Waals surface area contributed by atoms with Crippen LogP contribution in [0, 0.1) is 12.8 Å². The average Bonchev–Trinajstić information content (AvgIpc) is 3.08. The highest BCUT2D eigenvalue weighted by atomic mass is 16.3. The Balaban J connectivity index is 2.06. The molecule has 1 fully saturated rings. The Kier molecular flexibility index (Phi) is 6.64. The van der Waals surface area contributed by atoms with Crippen LogP contribution in [0.25, 0.3) is 11.3 Å². The van der Waals surface area contributed by atoms with Crippen LogP contribution in [-0.2, 0) is 4.79 Å². The molecule has 0 aliphatic carbocycles. The van der Waals surface area contributed by atoms with E-state index in [1.54, 1.807) is 25.3 Å². The molecule has 0 bridgehead atoms. The fraction of sp³-hybridized carbons (Fsp3) is 0.435. The number of aliphatic hydroxyl groups excluding tert-OH is 1. The van der Waals surface area contributed by atoms with Gasteiger partial charge in [0, 0.05) is 29.9 Å². The Morgan fingerprint density at radius 3 is 2.79 bits per heavy atom. The van der Waals surface area contributed by atoms with Gasteiger partial charge in [-0.3, -0.25) is 14.6 Å². The largest absolute Gasteiger partial charge is 0.394 e. The van der Waals surface area contributed by atoms with E-state index in [9.17, 15) is 14.7 Å². The minimum absolute atomic E-state index is 0.00699. The Morgan fingerprint density at radius 1 is 1.34 bits per heavy atom. The third-order valence-electron chi connectivity index (χ3n) is 5.39. The summed E-state index contributed by atoms with van der Waals surface area (Å²) >= 11 is 0. The van der Waals surface area contributed by atoms with Crippen LogP contribution in [-0.4, -0.2) is 41.1 Å². The summed E-state index contributed by atoms with van der Waals surface area (Å²) in [5.41, 5.74) is 3.92. The first-order valence-corrected chi connectivity index (χ1v) is 10.2. The lowest BCUT2D eigenvalue weighted by molar-refractivity contribution is -0.120. The summed E-state index contributed by atoms with van der Waals surface area (Å²) in [5, 5.41) is 15.0. The molecule has 0 saturated carbocycles. The fourth-order valence-corrected chi connectivity index (χ4v) is 3.84. The molecule has 2 amide bonds. The number of hydrogen-bond acceptors (Lipinski definition) is 4. The maximum atomic E-state index is 12.8. The van der Waals surface area contributed by atoms with E-state index < -0.39 is 0 Å². The van der Waals surface area contributed by atoms with Crippen LogP contribution in [0.2, 0.25) is 0 Å². The highest BCUT2D eigenvalue weighted by molar-refractivity contribution is 5.96. The van der Waals surface area contributed by atoms with Crippen molar-refractivity contribution in [2.24, 2.45) is 5.92 Å². The zero-order chi connectivity index (χ0) is 21.0. The third-order valence-corrected chi connectivity index (χ3v) is 5.39. The van der Waals surface area contributed by atoms with Crippen LogP contribution < -0.4 is 10.6 Å². The normalized spacial score (nSPS) is 19.7. The molecule has 3 rings (SSSR count). The summed E-state index contributed by atoms with van der Waals surface area (Å²) in [6, 6.07) is 9.12. The first-order chi connectivity index (χ1) is 13.9. The number of aliphatic hydroxyl groups is 1. The van der Waals surface area contributed by atoms with Gasteiger partial charge >= 0.3 is 0 Å². The minimum atomic E-state index is -0.352. The average molecular weight is 396 g/mol. The minimum Gasteiger partial charge on any atom is -0.394 e. The third kappa shape index (κ3) is 4.82. The van der Waals surface area contributed by atoms with Crippen molar-refractivity contribution in [3.8, 4) is 11.3 Å². The van der Waals surface area contributed by atoms with Crippen LogP contribution in [0.3, 0.4) is 0 Å². The van der Waals surface area contributed by atoms with Crippen molar-refractivity contribution < 1.29 is 14.7 Å². The number of nitrogens with one attached hydrogen (secondary N) is 2. The zero-order valence-corrected chi connectivity index (χ0v) is 17.2. The number of hydrogen-bond donors (Lipinski definition) is 3. The van der Waals surface area contributed by atoms with Gasteiger partial charge in [-0.15, -0.1) is 0 Å². The summed E-state index contributed by atoms with van der Waals surface area (Å²) in [4.78, 5) is 29.9. The van der Waals surface area contributed by atoms with E-state index >= 15 is 0 Å². The molecule has 3 atom stereocenters. The highest BCUT2D eigenvalue weighted by Crippen LogP contribution is 2.35. The molecule has 0 spiro atoms. The van der Waals surface area contributed by atoms with Crippen molar-refractivity contribution in [3.63, 3.8) is 0 Å². The molecule has 1 aromatic carbocycles. The first-order valence-electron chi connectivity index (χ1n) is 10.2. The smallest absolute Gasteiger partial charge is 0.251 e. The van der Waals surface area contributed by atoms with E-state index in [0.29, 0.717) is 12.1 Å². The number of rotatable bonds is 7. The molecule has 3 N–H and O–H groups in total. The van der Waals surface area contributed by atoms with E-state index in [0.717, 1.165) is 35.2 Å². The lowest BCUT2D eigenvalue weighted by atomic mass is 9.84. The van der Waals surface area contributed by atoms with Gasteiger partial charge in [0.25, 0.3) is 5.91 Å². The van der Waals surface area contributed by atoms with Crippen LogP contribution in [0.15, 0.2) is 36.5 Å². The molecular weight excluding hydrogens is 366 g/mol. The summed E-state index contributed by atoms with van der Waals surface area (Å²) < 4.78 is 0. The van der Waals surface area contributed by atoms with Crippen molar-refractivity contribution in [3.05, 3.63) is 53.2 Å². The van der Waals surface area contributed by atoms with Gasteiger partial charge < -0.3 is 15.7 Å². The maximum absolute atomic E-state index is 12.8. The predicted octanol–water partition coefficient (Wildman–Crippen LogP) is 2.80. The molecular formula is C23H29N3O3. The molecule has 1 unspecified atom stereocenters. The van der Waals surface area contributed by atoms with Crippen LogP contribution in [0.4, 0.5) is 0 Å². The molecule has 29 heavy (non-hydrogen) atoms. The number of carbonyl (C=O) groups is 2. The number of aryl methyl sites for hydroxylation is 1. The Morgan fingerprint density at radius 2 is 2.14 bits per heavy atom. The van der Waals surface area contributed by atoms with Gasteiger partial charge in [0.2, 0.25) is 5.91 Å². The summed E-state index contributed by atoms with van der Waals surface area (Å²) in [5.74, 6) is -0.331. The fourth-order valence-electron chi connectivity index (χ4n) is 3.84. The number of pyridine rings is 1. The first kappa shape index (κ1) is 21.0. The van der Waals surface area contributed by atoms with E-state index in [1.807, 2.05) is 25.1 Å². The van der Waals surface area contributed by atoms with Gasteiger partial charge in [-0.1, -0.05) is 19.4 Å². The van der Waals surface area contributed by atoms with Gasteiger partial charge in [-0.25, -0.2) is 0 Å². The lowest BCUT2D eigenvalue weighted by Gasteiger charge is -2.19. The molecule has 1 aliphatic heterocycles. The SMILES string of the molecule is CCCC1CNC(=O)[C@H]1c1cc(C(=O)N[C@@H](C)CO)cc(-c2ccc(C)cn2)c1. The number of nitrogens with zero attached hydrogens (tertiary/aromatic N) is 1. The second kappa shape index (κ2) is 9.18. The Bertz CT molecular complexity index is 879. The lowest BCUT2D eigenvalue weighted by Crippen LogP contribution is -2.35. The molecule has 1 aliphatic rings. The summed E-state index contributed by atoms with van der Waals surface area (Å²) in [6.07, 6.45) is 3.73. The van der Waals surface area contributed by atoms with Crippen molar-refractivity contribution in [1.82, 2.24) is 15.6 Å². The van der Waals surface area contributed by atoms with E-state index in [1.165, 1.54) is 0 Å². The van der Waals surface area contributed by atoms with Crippen molar-refractivity contribution >= 4 is 11.8 Å². The van der Waals surface area contributed by atoms with Crippen LogP contribution in [0.5, 0.6) is 0 Å². The van der Waals surface area contributed by atoms with Crippen molar-refractivity contribution in [2.45, 2.75) is 45.6 Å². The number of benzene rings is 1. The van der Waals surface area contributed by atoms with Gasteiger partial charge in [-0.2, -0.15) is 0 Å². The molecule has 154 valence electrons. The molecule has 2 aromatic rings. The summed E-state index contributed by atoms with van der Waals surface area (Å²) in [6.45, 7) is 6.35. The maximum Gasteiger partial charge on any atom is 0.251 e. The molecule has 1 aromatic heterocycles. The van der Waals surface area contributed by atoms with Crippen LogP contribution >= 0.6 is 0 Å². The standard InChI is InChI=1S/C23H29N3O3/c1-4-5-16-12-25-23(29)21(16)18-8-17(20-7-6-14(2)11-24-20)9-19(10-18)22(28)26-15(3)13-27/h6-11,15-16,21,27H,4-5,12-13H2,1-3H3,(H,25,29)(H,26,28)/t15-,16?,21+/m0/s1. The van der Waals surface area contributed by atoms with Gasteiger partial charge in [0.05, 0.1) is 18.2 Å². The quantitative estimate of drug-likeness (QED) is 0.672. The van der Waals surface area contributed by atoms with Crippen LogP contribution in [0.1, 0.15) is 54.1 Å². The molecule has 6 nitrogen and oxygen atoms in total. The number of carbonyl (C=O) groups excluding carboxylic acids is 2. The van der Waals surface area contributed by atoms with E-state index in [4.69, 9.17) is 0 Å². The number of aromatic nitrogens is 1. The second-order valence-corrected chi connectivity index (χ2v) is 7.89. The molecule has 0 radical (unpaired) electrons. The second-order valence-electron chi connectivity index (χ2n) is 7.89. The zero-order valence-electron chi connectivity index (χ0n) is 17.2. The van der Waals surface area contributed by atoms with E-state index in [2.05, 4.69) is 22.5 Å². The monoisotopic (exact) mass is 395 g/mol. The van der Waals surface area contributed by atoms with Gasteiger partial charge in [0.15, 0.2) is 0 Å². The topological polar surface area (TPSA) is 91.3 Å². The van der Waals surface area contributed by atoms with E-state index in [-0.39, 0.29) is 36.3 Å². The van der Waals surface area contributed by atoms with Gasteiger partial charge in [0.1, 0.15) is 0 Å².